The molecule has 1 nitrogen and oxygen atoms in total. The highest BCUT2D eigenvalue weighted by atomic mass is 32.2. The first-order valence-electron chi connectivity index (χ1n) is 4.70. The molecule has 13 heavy (non-hydrogen) atoms. The number of carbonyl (C=O) groups excluding carboxylic acids is 1. The van der Waals surface area contributed by atoms with E-state index in [0.717, 1.165) is 17.7 Å². The Morgan fingerprint density at radius 3 is 2.92 bits per heavy atom. The lowest BCUT2D eigenvalue weighted by molar-refractivity contribution is -0.115. The standard InChI is InChI=1S/C11H16OS/c1-9(2)13-8-7-11(12)10-5-3-4-6-10/h3-5,9H,6-8H2,1-2H3. The molecule has 0 aliphatic heterocycles. The average Bonchev–Trinajstić information content (AvgIpc) is 2.55. The summed E-state index contributed by atoms with van der Waals surface area (Å²) in [6.45, 7) is 4.32. The second-order valence-electron chi connectivity index (χ2n) is 3.42. The molecule has 0 atom stereocenters. The van der Waals surface area contributed by atoms with E-state index >= 15 is 0 Å². The van der Waals surface area contributed by atoms with Crippen LogP contribution in [0.3, 0.4) is 0 Å². The van der Waals surface area contributed by atoms with Crippen LogP contribution in [0.1, 0.15) is 26.7 Å². The number of allylic oxidation sites excluding steroid dienone is 4. The minimum atomic E-state index is 0.318. The van der Waals surface area contributed by atoms with E-state index in [4.69, 9.17) is 0 Å². The first-order chi connectivity index (χ1) is 6.20. The second-order valence-corrected chi connectivity index (χ2v) is 5.10. The Morgan fingerprint density at radius 1 is 1.62 bits per heavy atom. The Morgan fingerprint density at radius 2 is 2.38 bits per heavy atom. The summed E-state index contributed by atoms with van der Waals surface area (Å²) in [5.41, 5.74) is 0.976. The predicted molar refractivity (Wildman–Crippen MR) is 59.1 cm³/mol. The molecule has 0 radical (unpaired) electrons. The summed E-state index contributed by atoms with van der Waals surface area (Å²) in [7, 11) is 0. The van der Waals surface area contributed by atoms with Crippen LogP contribution in [0.2, 0.25) is 0 Å². The van der Waals surface area contributed by atoms with Gasteiger partial charge in [-0.15, -0.1) is 0 Å². The van der Waals surface area contributed by atoms with Gasteiger partial charge in [-0.25, -0.2) is 0 Å². The lowest BCUT2D eigenvalue weighted by Crippen LogP contribution is -2.03. The van der Waals surface area contributed by atoms with Crippen LogP contribution in [-0.2, 0) is 4.79 Å². The predicted octanol–water partition coefficient (Wildman–Crippen LogP) is 2.97. The van der Waals surface area contributed by atoms with Gasteiger partial charge in [-0.3, -0.25) is 4.79 Å². The molecule has 0 bridgehead atoms. The van der Waals surface area contributed by atoms with E-state index < -0.39 is 0 Å². The number of hydrogen-bond donors (Lipinski definition) is 0. The third kappa shape index (κ3) is 3.81. The molecule has 0 amide bonds. The molecule has 1 aliphatic carbocycles. The normalized spacial score (nSPS) is 15.2. The highest BCUT2D eigenvalue weighted by Crippen LogP contribution is 2.16. The zero-order valence-corrected chi connectivity index (χ0v) is 9.06. The molecule has 72 valence electrons. The van der Waals surface area contributed by atoms with Crippen molar-refractivity contribution in [1.29, 1.82) is 0 Å². The van der Waals surface area contributed by atoms with Crippen molar-refractivity contribution in [3.05, 3.63) is 23.8 Å². The Labute approximate surface area is 84.3 Å². The van der Waals surface area contributed by atoms with Gasteiger partial charge in [-0.1, -0.05) is 32.1 Å². The van der Waals surface area contributed by atoms with Gasteiger partial charge in [-0.2, -0.15) is 11.8 Å². The summed E-state index contributed by atoms with van der Waals surface area (Å²) in [4.78, 5) is 11.5. The Hall–Kier alpha value is -0.500. The van der Waals surface area contributed by atoms with Gasteiger partial charge >= 0.3 is 0 Å². The molecule has 0 spiro atoms. The van der Waals surface area contributed by atoms with Crippen LogP contribution in [0.5, 0.6) is 0 Å². The lowest BCUT2D eigenvalue weighted by atomic mass is 10.1. The van der Waals surface area contributed by atoms with E-state index in [2.05, 4.69) is 13.8 Å². The molecule has 0 aromatic heterocycles. The topological polar surface area (TPSA) is 17.1 Å². The van der Waals surface area contributed by atoms with Crippen LogP contribution < -0.4 is 0 Å². The maximum absolute atomic E-state index is 11.5. The van der Waals surface area contributed by atoms with Gasteiger partial charge in [0.2, 0.25) is 0 Å². The van der Waals surface area contributed by atoms with Crippen LogP contribution in [0.15, 0.2) is 23.8 Å². The molecule has 2 heteroatoms. The Bertz CT molecular complexity index is 238. The lowest BCUT2D eigenvalue weighted by Gasteiger charge is -2.04. The van der Waals surface area contributed by atoms with Crippen molar-refractivity contribution < 1.29 is 4.79 Å². The summed E-state index contributed by atoms with van der Waals surface area (Å²) in [6, 6.07) is 0. The summed E-state index contributed by atoms with van der Waals surface area (Å²) in [5, 5.41) is 0.628. The SMILES string of the molecule is CC(C)SCCC(=O)C1=CC=CC1. The maximum Gasteiger partial charge on any atom is 0.159 e. The van der Waals surface area contributed by atoms with Crippen LogP contribution in [-0.4, -0.2) is 16.8 Å². The van der Waals surface area contributed by atoms with Crippen molar-refractivity contribution in [3.63, 3.8) is 0 Å². The van der Waals surface area contributed by atoms with E-state index in [1.54, 1.807) is 0 Å². The third-order valence-electron chi connectivity index (χ3n) is 1.91. The van der Waals surface area contributed by atoms with E-state index in [-0.39, 0.29) is 0 Å². The molecule has 0 unspecified atom stereocenters. The molecule has 0 aromatic carbocycles. The molecule has 0 saturated carbocycles. The van der Waals surface area contributed by atoms with Crippen molar-refractivity contribution in [2.75, 3.05) is 5.75 Å². The number of hydrogen-bond acceptors (Lipinski definition) is 2. The number of Topliss-reactive ketones (excluding diaryl/α,β-unsaturated/α-hetero) is 1. The van der Waals surface area contributed by atoms with E-state index in [1.807, 2.05) is 30.0 Å². The van der Waals surface area contributed by atoms with Crippen LogP contribution >= 0.6 is 11.8 Å². The number of thioether (sulfide) groups is 1. The third-order valence-corrected chi connectivity index (χ3v) is 3.02. The van der Waals surface area contributed by atoms with Gasteiger partial charge in [0.25, 0.3) is 0 Å². The Balaban J connectivity index is 2.18. The van der Waals surface area contributed by atoms with E-state index in [1.165, 1.54) is 0 Å². The fourth-order valence-electron chi connectivity index (χ4n) is 1.20. The fraction of sp³-hybridized carbons (Fsp3) is 0.545. The number of ketones is 1. The van der Waals surface area contributed by atoms with Gasteiger partial charge in [0.05, 0.1) is 0 Å². The van der Waals surface area contributed by atoms with Gasteiger partial charge in [0.15, 0.2) is 5.78 Å². The molecule has 1 rings (SSSR count). The molecule has 0 aromatic rings. The van der Waals surface area contributed by atoms with E-state index in [9.17, 15) is 4.79 Å². The van der Waals surface area contributed by atoms with Gasteiger partial charge < -0.3 is 0 Å². The summed E-state index contributed by atoms with van der Waals surface area (Å²) < 4.78 is 0. The minimum absolute atomic E-state index is 0.318. The molecule has 0 fully saturated rings. The van der Waals surface area contributed by atoms with Crippen molar-refractivity contribution in [2.24, 2.45) is 0 Å². The quantitative estimate of drug-likeness (QED) is 0.672. The molecule has 1 aliphatic rings. The second kappa shape index (κ2) is 5.28. The molecule has 0 heterocycles. The van der Waals surface area contributed by atoms with Gasteiger partial charge in [0, 0.05) is 12.2 Å². The maximum atomic E-state index is 11.5. The summed E-state index contributed by atoms with van der Waals surface area (Å²) in [5.74, 6) is 1.27. The molecular weight excluding hydrogens is 180 g/mol. The van der Waals surface area contributed by atoms with Crippen molar-refractivity contribution in [2.45, 2.75) is 31.9 Å². The van der Waals surface area contributed by atoms with Crippen LogP contribution in [0.25, 0.3) is 0 Å². The molecule has 0 saturated heterocycles. The fourth-order valence-corrected chi connectivity index (χ4v) is 1.98. The van der Waals surface area contributed by atoms with Gasteiger partial charge in [-0.05, 0) is 17.2 Å². The van der Waals surface area contributed by atoms with Crippen molar-refractivity contribution >= 4 is 17.5 Å². The number of carbonyl (C=O) groups is 1. The summed E-state index contributed by atoms with van der Waals surface area (Å²) >= 11 is 1.85. The Kier molecular flexibility index (Phi) is 4.29. The highest BCUT2D eigenvalue weighted by molar-refractivity contribution is 7.99. The largest absolute Gasteiger partial charge is 0.295 e. The zero-order valence-electron chi connectivity index (χ0n) is 8.25. The van der Waals surface area contributed by atoms with Crippen LogP contribution in [0.4, 0.5) is 0 Å². The highest BCUT2D eigenvalue weighted by Gasteiger charge is 2.09. The van der Waals surface area contributed by atoms with Crippen molar-refractivity contribution in [1.82, 2.24) is 0 Å². The molecule has 0 N–H and O–H groups in total. The van der Waals surface area contributed by atoms with Crippen LogP contribution in [0, 0.1) is 0 Å². The van der Waals surface area contributed by atoms with Crippen molar-refractivity contribution in [3.8, 4) is 0 Å². The minimum Gasteiger partial charge on any atom is -0.295 e. The van der Waals surface area contributed by atoms with E-state index in [0.29, 0.717) is 17.5 Å². The first-order valence-corrected chi connectivity index (χ1v) is 5.75. The number of rotatable bonds is 5. The molecular formula is C11H16OS. The zero-order chi connectivity index (χ0) is 9.68. The average molecular weight is 196 g/mol. The smallest absolute Gasteiger partial charge is 0.159 e. The summed E-state index contributed by atoms with van der Waals surface area (Å²) in [6.07, 6.45) is 7.45. The van der Waals surface area contributed by atoms with Gasteiger partial charge in [0.1, 0.15) is 0 Å². The first kappa shape index (κ1) is 10.6. The monoisotopic (exact) mass is 196 g/mol.